The number of carboxylic acids is 1. The second-order valence-electron chi connectivity index (χ2n) is 6.59. The molecule has 0 radical (unpaired) electrons. The lowest BCUT2D eigenvalue weighted by atomic mass is 9.93. The molecule has 0 aromatic heterocycles. The van der Waals surface area contributed by atoms with Crippen molar-refractivity contribution in [1.82, 2.24) is 0 Å². The number of aliphatic carboxylic acids is 1. The molecule has 0 aliphatic heterocycles. The van der Waals surface area contributed by atoms with Gasteiger partial charge in [-0.25, -0.2) is 0 Å². The molecule has 0 aliphatic carbocycles. The molecular formula is C21H27O4P. The zero-order valence-corrected chi connectivity index (χ0v) is 16.2. The second kappa shape index (κ2) is 9.16. The number of benzene rings is 2. The standard InChI is InChI=1S/C21H27O4P/c1-3-11-19(20(21(22)23)17-14-9-6-10-15-17)26(24,25)18(4-2)16-12-7-5-8-13-16/h5-10,12-15,18-20H,3-4,11H2,1-2H3,(H,22,23)(H,24,25). The lowest BCUT2D eigenvalue weighted by Gasteiger charge is -2.33. The summed E-state index contributed by atoms with van der Waals surface area (Å²) in [4.78, 5) is 23.3. The first-order valence-corrected chi connectivity index (χ1v) is 10.9. The van der Waals surface area contributed by atoms with E-state index in [0.717, 1.165) is 5.56 Å². The van der Waals surface area contributed by atoms with E-state index in [0.29, 0.717) is 24.8 Å². The summed E-state index contributed by atoms with van der Waals surface area (Å²) < 4.78 is 13.6. The fourth-order valence-electron chi connectivity index (χ4n) is 3.67. The van der Waals surface area contributed by atoms with Crippen LogP contribution in [0.15, 0.2) is 60.7 Å². The van der Waals surface area contributed by atoms with Crippen LogP contribution in [-0.4, -0.2) is 21.6 Å². The van der Waals surface area contributed by atoms with Gasteiger partial charge in [-0.3, -0.25) is 9.36 Å². The van der Waals surface area contributed by atoms with Gasteiger partial charge in [0.1, 0.15) is 0 Å². The maximum absolute atomic E-state index is 13.6. The van der Waals surface area contributed by atoms with E-state index in [1.54, 1.807) is 24.3 Å². The Kier molecular flexibility index (Phi) is 7.19. The molecule has 5 heteroatoms. The minimum absolute atomic E-state index is 0.392. The van der Waals surface area contributed by atoms with Crippen LogP contribution in [-0.2, 0) is 9.36 Å². The summed E-state index contributed by atoms with van der Waals surface area (Å²) in [5.74, 6) is -2.04. The Morgan fingerprint density at radius 3 is 1.88 bits per heavy atom. The van der Waals surface area contributed by atoms with Crippen molar-refractivity contribution < 1.29 is 19.4 Å². The van der Waals surface area contributed by atoms with Crippen molar-refractivity contribution in [1.29, 1.82) is 0 Å². The lowest BCUT2D eigenvalue weighted by Crippen LogP contribution is -2.28. The average molecular weight is 374 g/mol. The van der Waals surface area contributed by atoms with Gasteiger partial charge in [0.05, 0.1) is 17.2 Å². The van der Waals surface area contributed by atoms with E-state index in [-0.39, 0.29) is 0 Å². The highest BCUT2D eigenvalue weighted by molar-refractivity contribution is 7.59. The van der Waals surface area contributed by atoms with Crippen LogP contribution in [0.4, 0.5) is 0 Å². The van der Waals surface area contributed by atoms with E-state index in [9.17, 15) is 19.4 Å². The van der Waals surface area contributed by atoms with Gasteiger partial charge < -0.3 is 10.00 Å². The summed E-state index contributed by atoms with van der Waals surface area (Å²) in [5.41, 5.74) is -0.0156. The van der Waals surface area contributed by atoms with Crippen LogP contribution in [0.2, 0.25) is 0 Å². The van der Waals surface area contributed by atoms with Crippen LogP contribution in [0, 0.1) is 0 Å². The van der Waals surface area contributed by atoms with Crippen LogP contribution >= 0.6 is 7.37 Å². The third kappa shape index (κ3) is 4.44. The van der Waals surface area contributed by atoms with Gasteiger partial charge in [0.2, 0.25) is 7.37 Å². The number of carbonyl (C=O) groups is 1. The topological polar surface area (TPSA) is 74.6 Å². The quantitative estimate of drug-likeness (QED) is 0.573. The van der Waals surface area contributed by atoms with Crippen molar-refractivity contribution in [2.75, 3.05) is 0 Å². The van der Waals surface area contributed by atoms with Crippen molar-refractivity contribution in [3.63, 3.8) is 0 Å². The van der Waals surface area contributed by atoms with E-state index in [2.05, 4.69) is 0 Å². The Morgan fingerprint density at radius 2 is 1.46 bits per heavy atom. The van der Waals surface area contributed by atoms with Gasteiger partial charge in [-0.1, -0.05) is 80.9 Å². The van der Waals surface area contributed by atoms with Gasteiger partial charge in [0.15, 0.2) is 0 Å². The van der Waals surface area contributed by atoms with Gasteiger partial charge >= 0.3 is 5.97 Å². The summed E-state index contributed by atoms with van der Waals surface area (Å²) in [7, 11) is -3.81. The van der Waals surface area contributed by atoms with Crippen molar-refractivity contribution in [2.24, 2.45) is 0 Å². The fraction of sp³-hybridized carbons (Fsp3) is 0.381. The van der Waals surface area contributed by atoms with Crippen molar-refractivity contribution in [3.8, 4) is 0 Å². The smallest absolute Gasteiger partial charge is 0.311 e. The summed E-state index contributed by atoms with van der Waals surface area (Å²) >= 11 is 0. The molecule has 0 fully saturated rings. The minimum atomic E-state index is -3.81. The first-order chi connectivity index (χ1) is 12.4. The van der Waals surface area contributed by atoms with Gasteiger partial charge in [-0.15, -0.1) is 0 Å². The van der Waals surface area contributed by atoms with Gasteiger partial charge in [-0.2, -0.15) is 0 Å². The first-order valence-electron chi connectivity index (χ1n) is 9.08. The van der Waals surface area contributed by atoms with Crippen molar-refractivity contribution in [3.05, 3.63) is 71.8 Å². The molecule has 4 nitrogen and oxygen atoms in total. The molecule has 0 saturated heterocycles. The highest BCUT2D eigenvalue weighted by Gasteiger charge is 2.45. The molecule has 2 aromatic carbocycles. The molecule has 0 heterocycles. The largest absolute Gasteiger partial charge is 0.481 e. The van der Waals surface area contributed by atoms with Crippen molar-refractivity contribution >= 4 is 13.3 Å². The third-order valence-electron chi connectivity index (χ3n) is 4.89. The SMILES string of the molecule is CCCC(C(C(=O)O)c1ccccc1)P(=O)(O)C(CC)c1ccccc1. The molecule has 2 rings (SSSR count). The van der Waals surface area contributed by atoms with Crippen LogP contribution in [0.3, 0.4) is 0 Å². The molecule has 26 heavy (non-hydrogen) atoms. The minimum Gasteiger partial charge on any atom is -0.481 e. The van der Waals surface area contributed by atoms with Crippen LogP contribution in [0.5, 0.6) is 0 Å². The zero-order chi connectivity index (χ0) is 19.2. The van der Waals surface area contributed by atoms with E-state index >= 15 is 0 Å². The fourth-order valence-corrected chi connectivity index (χ4v) is 6.61. The molecular weight excluding hydrogens is 347 g/mol. The average Bonchev–Trinajstić information content (AvgIpc) is 2.63. The molecule has 0 saturated carbocycles. The van der Waals surface area contributed by atoms with Crippen LogP contribution in [0.1, 0.15) is 55.8 Å². The van der Waals surface area contributed by atoms with Gasteiger partial charge in [-0.05, 0) is 24.0 Å². The summed E-state index contributed by atoms with van der Waals surface area (Å²) in [5, 5.41) is 9.88. The van der Waals surface area contributed by atoms with E-state index in [1.165, 1.54) is 0 Å². The highest BCUT2D eigenvalue weighted by Crippen LogP contribution is 2.64. The Bertz CT molecular complexity index is 745. The summed E-state index contributed by atoms with van der Waals surface area (Å²) in [6.45, 7) is 3.79. The molecule has 0 amide bonds. The van der Waals surface area contributed by atoms with E-state index in [1.807, 2.05) is 50.2 Å². The van der Waals surface area contributed by atoms with Crippen molar-refractivity contribution in [2.45, 2.75) is 50.3 Å². The Balaban J connectivity index is 2.51. The predicted molar refractivity (Wildman–Crippen MR) is 105 cm³/mol. The maximum atomic E-state index is 13.6. The van der Waals surface area contributed by atoms with Crippen LogP contribution in [0.25, 0.3) is 0 Å². The normalized spacial score (nSPS) is 17.0. The van der Waals surface area contributed by atoms with Gasteiger partial charge in [0.25, 0.3) is 0 Å². The second-order valence-corrected chi connectivity index (χ2v) is 9.22. The lowest BCUT2D eigenvalue weighted by molar-refractivity contribution is -0.139. The Labute approximate surface area is 155 Å². The van der Waals surface area contributed by atoms with Crippen LogP contribution < -0.4 is 0 Å². The molecule has 0 bridgehead atoms. The zero-order valence-electron chi connectivity index (χ0n) is 15.3. The molecule has 0 spiro atoms. The number of hydrogen-bond acceptors (Lipinski definition) is 2. The molecule has 2 N–H and O–H groups in total. The maximum Gasteiger partial charge on any atom is 0.311 e. The Morgan fingerprint density at radius 1 is 0.962 bits per heavy atom. The van der Waals surface area contributed by atoms with Gasteiger partial charge in [0, 0.05) is 0 Å². The number of carboxylic acid groups (broad SMARTS) is 1. The predicted octanol–water partition coefficient (Wildman–Crippen LogP) is 5.45. The summed E-state index contributed by atoms with van der Waals surface area (Å²) in [6, 6.07) is 18.1. The number of hydrogen-bond donors (Lipinski definition) is 2. The molecule has 4 unspecified atom stereocenters. The van der Waals surface area contributed by atoms with E-state index < -0.39 is 30.6 Å². The van der Waals surface area contributed by atoms with E-state index in [4.69, 9.17) is 0 Å². The molecule has 0 aliphatic rings. The summed E-state index contributed by atoms with van der Waals surface area (Å²) in [6.07, 6.45) is 1.53. The Hall–Kier alpha value is -1.90. The molecule has 2 aromatic rings. The third-order valence-corrected chi connectivity index (χ3v) is 7.95. The number of rotatable bonds is 9. The molecule has 4 atom stereocenters. The molecule has 140 valence electrons. The first kappa shape index (κ1) is 20.4. The monoisotopic (exact) mass is 374 g/mol. The highest BCUT2D eigenvalue weighted by atomic mass is 31.2.